The van der Waals surface area contributed by atoms with Gasteiger partial charge in [0.25, 0.3) is 0 Å². The second-order valence-electron chi connectivity index (χ2n) is 13.4. The smallest absolute Gasteiger partial charge is 0.0546 e. The van der Waals surface area contributed by atoms with Crippen molar-refractivity contribution in [1.29, 1.82) is 0 Å². The zero-order valence-corrected chi connectivity index (χ0v) is 29.8. The molecule has 0 fully saturated rings. The number of anilines is 6. The molecule has 2 heteroatoms. The fourth-order valence-corrected chi connectivity index (χ4v) is 7.34. The summed E-state index contributed by atoms with van der Waals surface area (Å²) < 4.78 is 0. The third-order valence-corrected chi connectivity index (χ3v) is 10.0. The highest BCUT2D eigenvalue weighted by Gasteiger charge is 2.17. The summed E-state index contributed by atoms with van der Waals surface area (Å²) in [6.45, 7) is 0. The van der Waals surface area contributed by atoms with Crippen molar-refractivity contribution >= 4 is 67.8 Å². The second kappa shape index (κ2) is 14.8. The van der Waals surface area contributed by atoms with Crippen molar-refractivity contribution in [1.82, 2.24) is 0 Å². The molecule has 0 spiro atoms. The predicted octanol–water partition coefficient (Wildman–Crippen LogP) is 14.8. The lowest BCUT2D eigenvalue weighted by atomic mass is 9.99. The Hall–Kier alpha value is -7.16. The van der Waals surface area contributed by atoms with E-state index < -0.39 is 0 Å². The summed E-state index contributed by atoms with van der Waals surface area (Å²) >= 11 is 0. The summed E-state index contributed by atoms with van der Waals surface area (Å²) in [7, 11) is 0. The fourth-order valence-electron chi connectivity index (χ4n) is 7.34. The summed E-state index contributed by atoms with van der Waals surface area (Å²) in [5, 5.41) is 4.98. The zero-order valence-electron chi connectivity index (χ0n) is 29.8. The lowest BCUT2D eigenvalue weighted by Crippen LogP contribution is -2.10. The molecule has 0 bridgehead atoms. The van der Waals surface area contributed by atoms with Gasteiger partial charge in [-0.15, -0.1) is 0 Å². The van der Waals surface area contributed by atoms with E-state index in [1.165, 1.54) is 38.4 Å². The van der Waals surface area contributed by atoms with Gasteiger partial charge in [-0.25, -0.2) is 0 Å². The molecule has 256 valence electrons. The Morgan fingerprint density at radius 2 is 0.648 bits per heavy atom. The van der Waals surface area contributed by atoms with Crippen LogP contribution in [0.5, 0.6) is 0 Å². The summed E-state index contributed by atoms with van der Waals surface area (Å²) in [6, 6.07) is 77.8. The van der Waals surface area contributed by atoms with Gasteiger partial charge in [-0.3, -0.25) is 0 Å². The van der Waals surface area contributed by atoms with Crippen LogP contribution < -0.4 is 9.80 Å². The molecule has 9 aromatic carbocycles. The Morgan fingerprint density at radius 3 is 1.20 bits per heavy atom. The van der Waals surface area contributed by atoms with Crippen molar-refractivity contribution in [3.63, 3.8) is 0 Å². The van der Waals surface area contributed by atoms with Crippen molar-refractivity contribution in [2.24, 2.45) is 0 Å². The minimum absolute atomic E-state index is 1.12. The first-order valence-corrected chi connectivity index (χ1v) is 18.4. The molecule has 0 amide bonds. The van der Waals surface area contributed by atoms with Gasteiger partial charge in [0.2, 0.25) is 0 Å². The van der Waals surface area contributed by atoms with Gasteiger partial charge in [0.15, 0.2) is 0 Å². The minimum Gasteiger partial charge on any atom is -0.311 e. The van der Waals surface area contributed by atoms with Crippen LogP contribution in [0.25, 0.3) is 44.8 Å². The maximum absolute atomic E-state index is 2.37. The average Bonchev–Trinajstić information content (AvgIpc) is 3.25. The Kier molecular flexibility index (Phi) is 8.99. The molecular weight excluding hydrogens is 653 g/mol. The molecule has 0 aliphatic rings. The molecule has 9 rings (SSSR count). The Balaban J connectivity index is 0.957. The molecule has 2 nitrogen and oxygen atoms in total. The molecule has 0 saturated carbocycles. The van der Waals surface area contributed by atoms with Crippen LogP contribution in [0, 0.1) is 0 Å². The van der Waals surface area contributed by atoms with E-state index in [0.717, 1.165) is 39.6 Å². The third kappa shape index (κ3) is 6.65. The van der Waals surface area contributed by atoms with E-state index in [1.54, 1.807) is 0 Å². The second-order valence-corrected chi connectivity index (χ2v) is 13.4. The maximum atomic E-state index is 2.37. The molecule has 0 aromatic heterocycles. The van der Waals surface area contributed by atoms with Gasteiger partial charge < -0.3 is 9.80 Å². The molecule has 54 heavy (non-hydrogen) atoms. The topological polar surface area (TPSA) is 6.48 Å². The van der Waals surface area contributed by atoms with Crippen molar-refractivity contribution in [3.8, 4) is 11.1 Å². The molecule has 0 saturated heterocycles. The van der Waals surface area contributed by atoms with E-state index in [1.807, 2.05) is 0 Å². The van der Waals surface area contributed by atoms with Gasteiger partial charge in [-0.05, 0) is 105 Å². The highest BCUT2D eigenvalue weighted by atomic mass is 15.1. The van der Waals surface area contributed by atoms with Crippen LogP contribution in [-0.2, 0) is 0 Å². The Morgan fingerprint density at radius 1 is 0.278 bits per heavy atom. The van der Waals surface area contributed by atoms with Gasteiger partial charge in [0, 0.05) is 33.8 Å². The standard InChI is InChI=1S/C52H38N2/c1-4-15-44(16-5-1)53(45-17-6-2-7-18-45)47-36-32-42(33-37-47)41-30-26-39(27-31-41)24-25-40-28-34-48(35-29-40)54(46-19-8-3-9-20-46)52-38-43-14-10-11-21-49(43)50-22-12-13-23-51(50)52/h1-38H/b25-24+. The highest BCUT2D eigenvalue weighted by Crippen LogP contribution is 2.42. The molecular formula is C52H38N2. The highest BCUT2D eigenvalue weighted by molar-refractivity contribution is 6.14. The summed E-state index contributed by atoms with van der Waals surface area (Å²) in [5.74, 6) is 0. The molecule has 9 aromatic rings. The molecule has 0 N–H and O–H groups in total. The van der Waals surface area contributed by atoms with Crippen molar-refractivity contribution in [3.05, 3.63) is 230 Å². The number of rotatable bonds is 9. The van der Waals surface area contributed by atoms with E-state index in [0.29, 0.717) is 0 Å². The monoisotopic (exact) mass is 690 g/mol. The van der Waals surface area contributed by atoms with Crippen LogP contribution in [0.1, 0.15) is 11.1 Å². The molecule has 0 aliphatic heterocycles. The number of hydrogen-bond acceptors (Lipinski definition) is 2. The third-order valence-electron chi connectivity index (χ3n) is 10.0. The minimum atomic E-state index is 1.12. The van der Waals surface area contributed by atoms with Gasteiger partial charge in [-0.2, -0.15) is 0 Å². The Bertz CT molecular complexity index is 2630. The summed E-state index contributed by atoms with van der Waals surface area (Å²) in [5.41, 5.74) is 11.5. The van der Waals surface area contributed by atoms with Gasteiger partial charge in [-0.1, -0.05) is 164 Å². The largest absolute Gasteiger partial charge is 0.311 e. The molecule has 0 radical (unpaired) electrons. The first kappa shape index (κ1) is 32.7. The van der Waals surface area contributed by atoms with Crippen LogP contribution in [-0.4, -0.2) is 0 Å². The average molecular weight is 691 g/mol. The van der Waals surface area contributed by atoms with Gasteiger partial charge in [0.05, 0.1) is 5.69 Å². The van der Waals surface area contributed by atoms with Gasteiger partial charge >= 0.3 is 0 Å². The number of nitrogens with zero attached hydrogens (tertiary/aromatic N) is 2. The molecule has 0 heterocycles. The maximum Gasteiger partial charge on any atom is 0.0546 e. The van der Waals surface area contributed by atoms with Crippen molar-refractivity contribution in [2.75, 3.05) is 9.80 Å². The first-order chi connectivity index (χ1) is 26.8. The summed E-state index contributed by atoms with van der Waals surface area (Å²) in [4.78, 5) is 4.66. The molecule has 0 aliphatic carbocycles. The van der Waals surface area contributed by atoms with Crippen molar-refractivity contribution < 1.29 is 0 Å². The van der Waals surface area contributed by atoms with Crippen LogP contribution >= 0.6 is 0 Å². The predicted molar refractivity (Wildman–Crippen MR) is 232 cm³/mol. The molecule has 0 unspecified atom stereocenters. The number of para-hydroxylation sites is 3. The lowest BCUT2D eigenvalue weighted by Gasteiger charge is -2.27. The van der Waals surface area contributed by atoms with Crippen LogP contribution in [0.15, 0.2) is 218 Å². The first-order valence-electron chi connectivity index (χ1n) is 18.4. The van der Waals surface area contributed by atoms with E-state index in [2.05, 4.69) is 240 Å². The fraction of sp³-hybridized carbons (Fsp3) is 0. The SMILES string of the molecule is C(=C\c1ccc(N(c2ccccc2)c2cc3ccccc3c3ccccc23)cc1)/c1ccc(-c2ccc(N(c3ccccc3)c3ccccc3)cc2)cc1. The lowest BCUT2D eigenvalue weighted by molar-refractivity contribution is 1.28. The quantitative estimate of drug-likeness (QED) is 0.110. The van der Waals surface area contributed by atoms with Crippen LogP contribution in [0.3, 0.4) is 0 Å². The van der Waals surface area contributed by atoms with Crippen LogP contribution in [0.2, 0.25) is 0 Å². The van der Waals surface area contributed by atoms with E-state index in [-0.39, 0.29) is 0 Å². The van der Waals surface area contributed by atoms with Crippen molar-refractivity contribution in [2.45, 2.75) is 0 Å². The van der Waals surface area contributed by atoms with E-state index in [4.69, 9.17) is 0 Å². The zero-order chi connectivity index (χ0) is 36.1. The Labute approximate surface area is 317 Å². The number of benzene rings is 9. The van der Waals surface area contributed by atoms with E-state index in [9.17, 15) is 0 Å². The summed E-state index contributed by atoms with van der Waals surface area (Å²) in [6.07, 6.45) is 4.37. The van der Waals surface area contributed by atoms with Crippen LogP contribution in [0.4, 0.5) is 34.1 Å². The van der Waals surface area contributed by atoms with Gasteiger partial charge in [0.1, 0.15) is 0 Å². The number of fused-ring (bicyclic) bond motifs is 3. The number of hydrogen-bond donors (Lipinski definition) is 0. The van der Waals surface area contributed by atoms with E-state index >= 15 is 0 Å². The molecule has 0 atom stereocenters. The normalized spacial score (nSPS) is 11.3.